The number of aliphatic hydroxyl groups is 1. The lowest BCUT2D eigenvalue weighted by molar-refractivity contribution is -0.130. The molecule has 6 heteroatoms. The standard InChI is InChI=1S/C13H15Cl2NO3/c1-7(6-17)16-5-8(4-11(16)19)12-10(18)3-2-9(14)13(12)15/h2-3,7-8,17-18H,4-6H2,1H3/t7-,8+/m0/s1. The van der Waals surface area contributed by atoms with E-state index in [1.54, 1.807) is 11.8 Å². The van der Waals surface area contributed by atoms with Gasteiger partial charge in [-0.25, -0.2) is 0 Å². The van der Waals surface area contributed by atoms with Gasteiger partial charge in [0.1, 0.15) is 5.75 Å². The van der Waals surface area contributed by atoms with Crippen molar-refractivity contribution < 1.29 is 15.0 Å². The molecule has 1 amide bonds. The fraction of sp³-hybridized carbons (Fsp3) is 0.462. The van der Waals surface area contributed by atoms with Crippen LogP contribution in [0.5, 0.6) is 5.75 Å². The first-order valence-electron chi connectivity index (χ1n) is 6.02. The quantitative estimate of drug-likeness (QED) is 0.901. The number of benzene rings is 1. The lowest BCUT2D eigenvalue weighted by Gasteiger charge is -2.23. The number of phenolic OH excluding ortho intramolecular Hbond substituents is 1. The van der Waals surface area contributed by atoms with Crippen molar-refractivity contribution in [3.8, 4) is 5.75 Å². The summed E-state index contributed by atoms with van der Waals surface area (Å²) in [5.41, 5.74) is 0.509. The molecule has 104 valence electrons. The largest absolute Gasteiger partial charge is 0.508 e. The zero-order valence-corrected chi connectivity index (χ0v) is 11.9. The van der Waals surface area contributed by atoms with Crippen LogP contribution in [-0.2, 0) is 4.79 Å². The zero-order chi connectivity index (χ0) is 14.2. The molecule has 1 heterocycles. The average molecular weight is 304 g/mol. The molecule has 0 aromatic heterocycles. The number of hydrogen-bond donors (Lipinski definition) is 2. The molecular formula is C13H15Cl2NO3. The number of halogens is 2. The molecule has 0 aliphatic carbocycles. The van der Waals surface area contributed by atoms with E-state index in [2.05, 4.69) is 0 Å². The number of carbonyl (C=O) groups is 1. The van der Waals surface area contributed by atoms with Crippen molar-refractivity contribution in [2.45, 2.75) is 25.3 Å². The molecule has 0 spiro atoms. The van der Waals surface area contributed by atoms with Crippen LogP contribution in [0, 0.1) is 0 Å². The van der Waals surface area contributed by atoms with E-state index < -0.39 is 0 Å². The van der Waals surface area contributed by atoms with Crippen molar-refractivity contribution in [3.05, 3.63) is 27.7 Å². The number of aliphatic hydroxyl groups excluding tert-OH is 1. The molecular weight excluding hydrogens is 289 g/mol. The van der Waals surface area contributed by atoms with Crippen molar-refractivity contribution >= 4 is 29.1 Å². The monoisotopic (exact) mass is 303 g/mol. The molecule has 1 aliphatic heterocycles. The van der Waals surface area contributed by atoms with Crippen LogP contribution in [0.15, 0.2) is 12.1 Å². The van der Waals surface area contributed by atoms with E-state index in [9.17, 15) is 9.90 Å². The second-order valence-electron chi connectivity index (χ2n) is 4.77. The molecule has 2 rings (SSSR count). The molecule has 1 fully saturated rings. The molecule has 1 saturated heterocycles. The molecule has 4 nitrogen and oxygen atoms in total. The normalized spacial score (nSPS) is 20.9. The first kappa shape index (κ1) is 14.4. The van der Waals surface area contributed by atoms with E-state index in [1.165, 1.54) is 12.1 Å². The van der Waals surface area contributed by atoms with Crippen LogP contribution in [0.2, 0.25) is 10.0 Å². The zero-order valence-electron chi connectivity index (χ0n) is 10.4. The van der Waals surface area contributed by atoms with Crippen molar-refractivity contribution in [3.63, 3.8) is 0 Å². The molecule has 2 atom stereocenters. The lowest BCUT2D eigenvalue weighted by atomic mass is 9.97. The van der Waals surface area contributed by atoms with Gasteiger partial charge in [-0.1, -0.05) is 23.2 Å². The van der Waals surface area contributed by atoms with Gasteiger partial charge in [0.25, 0.3) is 0 Å². The fourth-order valence-electron chi connectivity index (χ4n) is 2.39. The van der Waals surface area contributed by atoms with Gasteiger partial charge in [-0.2, -0.15) is 0 Å². The number of likely N-dealkylation sites (tertiary alicyclic amines) is 1. The number of aromatic hydroxyl groups is 1. The summed E-state index contributed by atoms with van der Waals surface area (Å²) < 4.78 is 0. The molecule has 2 N–H and O–H groups in total. The maximum Gasteiger partial charge on any atom is 0.223 e. The van der Waals surface area contributed by atoms with Crippen LogP contribution in [0.1, 0.15) is 24.8 Å². The maximum atomic E-state index is 11.9. The van der Waals surface area contributed by atoms with Gasteiger partial charge in [0.2, 0.25) is 5.91 Å². The number of amides is 1. The van der Waals surface area contributed by atoms with Crippen molar-refractivity contribution in [2.75, 3.05) is 13.2 Å². The van der Waals surface area contributed by atoms with E-state index in [1.807, 2.05) is 0 Å². The minimum Gasteiger partial charge on any atom is -0.508 e. The molecule has 1 aromatic carbocycles. The summed E-state index contributed by atoms with van der Waals surface area (Å²) in [6.45, 7) is 2.11. The van der Waals surface area contributed by atoms with Crippen molar-refractivity contribution in [1.82, 2.24) is 4.90 Å². The van der Waals surface area contributed by atoms with Gasteiger partial charge in [0, 0.05) is 24.4 Å². The Balaban J connectivity index is 2.31. The topological polar surface area (TPSA) is 60.8 Å². The fourth-order valence-corrected chi connectivity index (χ4v) is 2.87. The number of hydrogen-bond acceptors (Lipinski definition) is 3. The Kier molecular flexibility index (Phi) is 4.23. The number of phenols is 1. The molecule has 0 saturated carbocycles. The van der Waals surface area contributed by atoms with Gasteiger partial charge in [-0.15, -0.1) is 0 Å². The SMILES string of the molecule is C[C@@H](CO)N1C[C@H](c2c(O)ccc(Cl)c2Cl)CC1=O. The smallest absolute Gasteiger partial charge is 0.223 e. The first-order chi connectivity index (χ1) is 8.95. The number of nitrogens with zero attached hydrogens (tertiary/aromatic N) is 1. The van der Waals surface area contributed by atoms with Crippen LogP contribution in [-0.4, -0.2) is 40.2 Å². The second kappa shape index (κ2) is 5.57. The number of carbonyl (C=O) groups excluding carboxylic acids is 1. The third-order valence-electron chi connectivity index (χ3n) is 3.47. The molecule has 19 heavy (non-hydrogen) atoms. The Hall–Kier alpha value is -0.970. The van der Waals surface area contributed by atoms with Crippen molar-refractivity contribution in [2.24, 2.45) is 0 Å². The van der Waals surface area contributed by atoms with E-state index in [-0.39, 0.29) is 41.7 Å². The number of rotatable bonds is 3. The highest BCUT2D eigenvalue weighted by molar-refractivity contribution is 6.42. The highest BCUT2D eigenvalue weighted by Crippen LogP contribution is 2.41. The Morgan fingerprint density at radius 2 is 2.16 bits per heavy atom. The molecule has 0 unspecified atom stereocenters. The highest BCUT2D eigenvalue weighted by atomic mass is 35.5. The van der Waals surface area contributed by atoms with Crippen LogP contribution in [0.4, 0.5) is 0 Å². The summed E-state index contributed by atoms with van der Waals surface area (Å²) in [7, 11) is 0. The predicted molar refractivity (Wildman–Crippen MR) is 73.7 cm³/mol. The third kappa shape index (κ3) is 2.66. The van der Waals surface area contributed by atoms with Gasteiger partial charge in [0.05, 0.1) is 22.7 Å². The van der Waals surface area contributed by atoms with Crippen molar-refractivity contribution in [1.29, 1.82) is 0 Å². The predicted octanol–water partition coefficient (Wildman–Crippen LogP) is 2.40. The summed E-state index contributed by atoms with van der Waals surface area (Å²) in [6, 6.07) is 2.76. The molecule has 0 bridgehead atoms. The summed E-state index contributed by atoms with van der Waals surface area (Å²) in [5.74, 6) is -0.208. The highest BCUT2D eigenvalue weighted by Gasteiger charge is 2.35. The van der Waals surface area contributed by atoms with Crippen LogP contribution < -0.4 is 0 Å². The van der Waals surface area contributed by atoms with E-state index in [0.29, 0.717) is 17.1 Å². The minimum atomic E-state index is -0.238. The van der Waals surface area contributed by atoms with Crippen LogP contribution >= 0.6 is 23.2 Å². The summed E-state index contributed by atoms with van der Waals surface area (Å²) >= 11 is 12.1. The Morgan fingerprint density at radius 3 is 2.79 bits per heavy atom. The average Bonchev–Trinajstić information content (AvgIpc) is 2.75. The minimum absolute atomic E-state index is 0.0469. The van der Waals surface area contributed by atoms with Gasteiger partial charge in [0.15, 0.2) is 0 Å². The first-order valence-corrected chi connectivity index (χ1v) is 6.78. The second-order valence-corrected chi connectivity index (χ2v) is 5.56. The summed E-state index contributed by atoms with van der Waals surface area (Å²) in [4.78, 5) is 13.5. The Labute approximate surface area is 121 Å². The van der Waals surface area contributed by atoms with E-state index in [0.717, 1.165) is 0 Å². The summed E-state index contributed by atoms with van der Waals surface area (Å²) in [6.07, 6.45) is 0.262. The molecule has 0 radical (unpaired) electrons. The lowest BCUT2D eigenvalue weighted by Crippen LogP contribution is -2.36. The van der Waals surface area contributed by atoms with Crippen LogP contribution in [0.25, 0.3) is 0 Å². The van der Waals surface area contributed by atoms with Gasteiger partial charge < -0.3 is 15.1 Å². The van der Waals surface area contributed by atoms with Gasteiger partial charge in [-0.3, -0.25) is 4.79 Å². The molecule has 1 aromatic rings. The van der Waals surface area contributed by atoms with E-state index >= 15 is 0 Å². The van der Waals surface area contributed by atoms with Gasteiger partial charge >= 0.3 is 0 Å². The van der Waals surface area contributed by atoms with Crippen LogP contribution in [0.3, 0.4) is 0 Å². The summed E-state index contributed by atoms with van der Waals surface area (Å²) in [5, 5.41) is 19.7. The van der Waals surface area contributed by atoms with Gasteiger partial charge in [-0.05, 0) is 19.1 Å². The van der Waals surface area contributed by atoms with E-state index in [4.69, 9.17) is 28.3 Å². The maximum absolute atomic E-state index is 11.9. The molecule has 1 aliphatic rings. The third-order valence-corrected chi connectivity index (χ3v) is 4.29. The Bertz CT molecular complexity index is 507. The Morgan fingerprint density at radius 1 is 1.47 bits per heavy atom.